The molecule has 1 fully saturated rings. The third-order valence-electron chi connectivity index (χ3n) is 3.70. The van der Waals surface area contributed by atoms with E-state index in [-0.39, 0.29) is 6.10 Å². The molecule has 0 saturated carbocycles. The fourth-order valence-electron chi connectivity index (χ4n) is 2.37. The first-order valence-corrected chi connectivity index (χ1v) is 8.52. The second kappa shape index (κ2) is 10.6. The second-order valence-electron chi connectivity index (χ2n) is 5.64. The largest absolute Gasteiger partial charge is 0.379 e. The molecule has 0 aromatic heterocycles. The Morgan fingerprint density at radius 3 is 2.88 bits per heavy atom. The first-order chi connectivity index (χ1) is 11.8. The van der Waals surface area contributed by atoms with Crippen LogP contribution in [-0.4, -0.2) is 45.0 Å². The summed E-state index contributed by atoms with van der Waals surface area (Å²) in [5.74, 6) is 0.797. The monoisotopic (exact) mass is 330 g/mol. The van der Waals surface area contributed by atoms with E-state index in [1.165, 1.54) is 0 Å². The zero-order valence-corrected chi connectivity index (χ0v) is 14.3. The van der Waals surface area contributed by atoms with Gasteiger partial charge in [0.25, 0.3) is 0 Å². The van der Waals surface area contributed by atoms with Crippen molar-refractivity contribution in [1.82, 2.24) is 10.6 Å². The minimum atomic E-state index is 0.267. The van der Waals surface area contributed by atoms with Crippen molar-refractivity contribution in [2.75, 3.05) is 32.9 Å². The Kier molecular flexibility index (Phi) is 8.08. The minimum absolute atomic E-state index is 0.267. The van der Waals surface area contributed by atoms with Gasteiger partial charge in [-0.05, 0) is 37.5 Å². The molecule has 6 heteroatoms. The van der Waals surface area contributed by atoms with Gasteiger partial charge in [0.15, 0.2) is 5.96 Å². The Morgan fingerprint density at radius 2 is 2.21 bits per heavy atom. The molecule has 0 amide bonds. The van der Waals surface area contributed by atoms with Gasteiger partial charge in [0.05, 0.1) is 30.9 Å². The molecular formula is C18H26N4O2. The number of ether oxygens (including phenoxy) is 2. The molecule has 1 atom stereocenters. The highest BCUT2D eigenvalue weighted by atomic mass is 16.5. The molecule has 1 aromatic carbocycles. The van der Waals surface area contributed by atoms with Crippen LogP contribution in [0.25, 0.3) is 0 Å². The summed E-state index contributed by atoms with van der Waals surface area (Å²) in [5.41, 5.74) is 1.75. The van der Waals surface area contributed by atoms with E-state index in [1.54, 1.807) is 0 Å². The van der Waals surface area contributed by atoms with Gasteiger partial charge in [0.1, 0.15) is 0 Å². The molecule has 24 heavy (non-hydrogen) atoms. The number of rotatable bonds is 8. The van der Waals surface area contributed by atoms with Gasteiger partial charge < -0.3 is 20.1 Å². The van der Waals surface area contributed by atoms with E-state index in [9.17, 15) is 0 Å². The minimum Gasteiger partial charge on any atom is -0.379 e. The van der Waals surface area contributed by atoms with Crippen molar-refractivity contribution in [1.29, 1.82) is 5.26 Å². The molecule has 6 nitrogen and oxygen atoms in total. The van der Waals surface area contributed by atoms with Gasteiger partial charge in [-0.15, -0.1) is 0 Å². The highest BCUT2D eigenvalue weighted by Gasteiger charge is 2.15. The Bertz CT molecular complexity index is 545. The molecule has 1 unspecified atom stereocenters. The fourth-order valence-corrected chi connectivity index (χ4v) is 2.37. The van der Waals surface area contributed by atoms with E-state index in [0.29, 0.717) is 12.1 Å². The number of hydrogen-bond donors (Lipinski definition) is 2. The van der Waals surface area contributed by atoms with E-state index in [0.717, 1.165) is 57.3 Å². The second-order valence-corrected chi connectivity index (χ2v) is 5.64. The maximum absolute atomic E-state index is 8.81. The lowest BCUT2D eigenvalue weighted by Gasteiger charge is -2.13. The Labute approximate surface area is 143 Å². The summed E-state index contributed by atoms with van der Waals surface area (Å²) >= 11 is 0. The number of guanidine groups is 1. The van der Waals surface area contributed by atoms with Crippen LogP contribution >= 0.6 is 0 Å². The van der Waals surface area contributed by atoms with E-state index >= 15 is 0 Å². The number of nitriles is 1. The van der Waals surface area contributed by atoms with Crippen LogP contribution in [0.1, 0.15) is 30.9 Å². The third-order valence-corrected chi connectivity index (χ3v) is 3.70. The molecule has 1 aliphatic heterocycles. The van der Waals surface area contributed by atoms with Crippen molar-refractivity contribution < 1.29 is 9.47 Å². The van der Waals surface area contributed by atoms with E-state index < -0.39 is 0 Å². The smallest absolute Gasteiger partial charge is 0.191 e. The van der Waals surface area contributed by atoms with E-state index in [4.69, 9.17) is 14.7 Å². The molecule has 1 aliphatic rings. The van der Waals surface area contributed by atoms with Gasteiger partial charge in [-0.1, -0.05) is 12.1 Å². The third kappa shape index (κ3) is 6.57. The van der Waals surface area contributed by atoms with Gasteiger partial charge in [0.2, 0.25) is 0 Å². The average Bonchev–Trinajstić information content (AvgIpc) is 3.13. The molecule has 1 heterocycles. The molecular weight excluding hydrogens is 304 g/mol. The molecule has 1 aromatic rings. The van der Waals surface area contributed by atoms with Crippen LogP contribution in [0, 0.1) is 11.3 Å². The molecule has 1 saturated heterocycles. The zero-order valence-electron chi connectivity index (χ0n) is 14.3. The van der Waals surface area contributed by atoms with Gasteiger partial charge in [-0.2, -0.15) is 5.26 Å². The van der Waals surface area contributed by atoms with Crippen molar-refractivity contribution in [2.24, 2.45) is 4.99 Å². The molecule has 2 N–H and O–H groups in total. The van der Waals surface area contributed by atoms with Gasteiger partial charge in [-0.25, -0.2) is 4.99 Å². The highest BCUT2D eigenvalue weighted by Crippen LogP contribution is 2.08. The van der Waals surface area contributed by atoms with Crippen LogP contribution in [0.15, 0.2) is 29.3 Å². The van der Waals surface area contributed by atoms with Crippen molar-refractivity contribution in [3.8, 4) is 6.07 Å². The molecule has 0 bridgehead atoms. The quantitative estimate of drug-likeness (QED) is 0.432. The SMILES string of the molecule is CCNC(=NCc1ccc(C#N)cc1)NCCCOC1CCOC1. The van der Waals surface area contributed by atoms with Crippen molar-refractivity contribution in [2.45, 2.75) is 32.4 Å². The van der Waals surface area contributed by atoms with Crippen LogP contribution in [0.2, 0.25) is 0 Å². The van der Waals surface area contributed by atoms with Crippen LogP contribution < -0.4 is 10.6 Å². The normalized spacial score (nSPS) is 17.5. The lowest BCUT2D eigenvalue weighted by molar-refractivity contribution is 0.0420. The lowest BCUT2D eigenvalue weighted by atomic mass is 10.1. The van der Waals surface area contributed by atoms with E-state index in [1.807, 2.05) is 31.2 Å². The van der Waals surface area contributed by atoms with Crippen LogP contribution in [0.5, 0.6) is 0 Å². The van der Waals surface area contributed by atoms with Crippen molar-refractivity contribution in [3.63, 3.8) is 0 Å². The summed E-state index contributed by atoms with van der Waals surface area (Å²) < 4.78 is 11.0. The topological polar surface area (TPSA) is 78.7 Å². The zero-order chi connectivity index (χ0) is 17.0. The Hall–Kier alpha value is -2.10. The van der Waals surface area contributed by atoms with Crippen molar-refractivity contribution in [3.05, 3.63) is 35.4 Å². The Morgan fingerprint density at radius 1 is 1.38 bits per heavy atom. The maximum atomic E-state index is 8.81. The maximum Gasteiger partial charge on any atom is 0.191 e. The summed E-state index contributed by atoms with van der Waals surface area (Å²) in [6.45, 7) is 6.52. The van der Waals surface area contributed by atoms with Crippen LogP contribution in [0.3, 0.4) is 0 Å². The molecule has 2 rings (SSSR count). The molecule has 0 spiro atoms. The molecule has 130 valence electrons. The number of nitrogens with zero attached hydrogens (tertiary/aromatic N) is 2. The number of benzene rings is 1. The average molecular weight is 330 g/mol. The summed E-state index contributed by atoms with van der Waals surface area (Å²) in [7, 11) is 0. The number of hydrogen-bond acceptors (Lipinski definition) is 4. The van der Waals surface area contributed by atoms with Gasteiger partial charge in [0, 0.05) is 26.3 Å². The van der Waals surface area contributed by atoms with Gasteiger partial charge in [-0.3, -0.25) is 0 Å². The number of nitrogens with one attached hydrogen (secondary N) is 2. The summed E-state index contributed by atoms with van der Waals surface area (Å²) in [6, 6.07) is 9.62. The number of aliphatic imine (C=N–C) groups is 1. The molecule has 0 aliphatic carbocycles. The van der Waals surface area contributed by atoms with E-state index in [2.05, 4.69) is 21.7 Å². The Balaban J connectivity index is 1.70. The predicted octanol–water partition coefficient (Wildman–Crippen LogP) is 1.81. The molecule has 0 radical (unpaired) electrons. The predicted molar refractivity (Wildman–Crippen MR) is 93.8 cm³/mol. The summed E-state index contributed by atoms with van der Waals surface area (Å²) in [4.78, 5) is 4.57. The standard InChI is InChI=1S/C18H26N4O2/c1-2-20-18(21-9-3-10-24-17-8-11-23-14-17)22-13-16-6-4-15(12-19)5-7-16/h4-7,17H,2-3,8-11,13-14H2,1H3,(H2,20,21,22). The first-order valence-electron chi connectivity index (χ1n) is 8.52. The lowest BCUT2D eigenvalue weighted by Crippen LogP contribution is -2.38. The summed E-state index contributed by atoms with van der Waals surface area (Å²) in [5, 5.41) is 15.4. The van der Waals surface area contributed by atoms with Gasteiger partial charge >= 0.3 is 0 Å². The first kappa shape index (κ1) is 18.2. The fraction of sp³-hybridized carbons (Fsp3) is 0.556. The van der Waals surface area contributed by atoms with Crippen LogP contribution in [-0.2, 0) is 16.0 Å². The summed E-state index contributed by atoms with van der Waals surface area (Å²) in [6.07, 6.45) is 2.20. The van der Waals surface area contributed by atoms with Crippen molar-refractivity contribution >= 4 is 5.96 Å². The van der Waals surface area contributed by atoms with Crippen LogP contribution in [0.4, 0.5) is 0 Å². The highest BCUT2D eigenvalue weighted by molar-refractivity contribution is 5.79.